The largest absolute Gasteiger partial charge is 0.369 e. The normalized spacial score (nSPS) is 24.4. The van der Waals surface area contributed by atoms with Crippen molar-refractivity contribution in [3.63, 3.8) is 0 Å². The third-order valence-electron chi connectivity index (χ3n) is 6.85. The summed E-state index contributed by atoms with van der Waals surface area (Å²) in [6.45, 7) is 4.30. The van der Waals surface area contributed by atoms with Gasteiger partial charge in [0, 0.05) is 43.5 Å². The molecule has 0 amide bonds. The van der Waals surface area contributed by atoms with Crippen molar-refractivity contribution in [1.82, 2.24) is 19.7 Å². The van der Waals surface area contributed by atoms with Gasteiger partial charge >= 0.3 is 0 Å². The topological polar surface area (TPSA) is 100.0 Å². The van der Waals surface area contributed by atoms with Crippen LogP contribution < -0.4 is 16.0 Å². The number of aromatic nitrogens is 3. The number of nitrogens with zero attached hydrogens (tertiary/aromatic N) is 7. The molecule has 1 saturated heterocycles. The molecule has 5 rings (SSSR count). The maximum absolute atomic E-state index is 6.26. The van der Waals surface area contributed by atoms with Gasteiger partial charge in [0.25, 0.3) is 0 Å². The quantitative estimate of drug-likeness (QED) is 0.769. The Hall–Kier alpha value is -2.94. The number of rotatable bonds is 3. The number of hydrogen-bond acceptors (Lipinski definition) is 8. The summed E-state index contributed by atoms with van der Waals surface area (Å²) in [5, 5.41) is 7.95. The molecule has 0 radical (unpaired) electrons. The summed E-state index contributed by atoms with van der Waals surface area (Å²) in [6, 6.07) is 8.70. The van der Waals surface area contributed by atoms with Crippen LogP contribution in [0.1, 0.15) is 38.5 Å². The molecule has 1 aromatic carbocycles. The fraction of sp³-hybridized carbons (Fsp3) is 0.565. The van der Waals surface area contributed by atoms with Gasteiger partial charge in [-0.2, -0.15) is 9.67 Å². The number of piperazine rings is 1. The Balaban J connectivity index is 1.29. The van der Waals surface area contributed by atoms with Crippen LogP contribution in [0.4, 0.5) is 23.3 Å². The van der Waals surface area contributed by atoms with Gasteiger partial charge in [-0.25, -0.2) is 4.99 Å². The molecule has 2 aliphatic heterocycles. The lowest BCUT2D eigenvalue weighted by Gasteiger charge is -2.34. The zero-order chi connectivity index (χ0) is 21.9. The molecule has 3 N–H and O–H groups in total. The van der Waals surface area contributed by atoms with Crippen LogP contribution in [0.3, 0.4) is 0 Å². The summed E-state index contributed by atoms with van der Waals surface area (Å²) < 4.78 is 1.70. The smallest absolute Gasteiger partial charge is 0.248 e. The highest BCUT2D eigenvalue weighted by Crippen LogP contribution is 2.29. The summed E-state index contributed by atoms with van der Waals surface area (Å²) in [6.07, 6.45) is 8.80. The SMILES string of the molecule is CN1CCN(c2ccc(Nc3nc(N)n(C4=NC=NC5CCCCCCC45)n3)cc2)CC1. The predicted molar refractivity (Wildman–Crippen MR) is 130 cm³/mol. The minimum absolute atomic E-state index is 0.250. The second kappa shape index (κ2) is 9.28. The number of fused-ring (bicyclic) bond motifs is 1. The van der Waals surface area contributed by atoms with Crippen molar-refractivity contribution < 1.29 is 0 Å². The molecule has 32 heavy (non-hydrogen) atoms. The van der Waals surface area contributed by atoms with E-state index in [1.807, 2.05) is 0 Å². The van der Waals surface area contributed by atoms with Gasteiger partial charge in [0.15, 0.2) is 0 Å². The van der Waals surface area contributed by atoms with E-state index in [9.17, 15) is 0 Å². The van der Waals surface area contributed by atoms with Crippen molar-refractivity contribution in [3.05, 3.63) is 24.3 Å². The Morgan fingerprint density at radius 3 is 2.50 bits per heavy atom. The van der Waals surface area contributed by atoms with Gasteiger partial charge in [-0.05, 0) is 44.2 Å². The molecule has 9 heteroatoms. The van der Waals surface area contributed by atoms with Crippen LogP contribution in [0.15, 0.2) is 34.3 Å². The summed E-state index contributed by atoms with van der Waals surface area (Å²) in [4.78, 5) is 18.5. The van der Waals surface area contributed by atoms with Gasteiger partial charge in [-0.1, -0.05) is 25.7 Å². The van der Waals surface area contributed by atoms with E-state index in [4.69, 9.17) is 5.73 Å². The van der Waals surface area contributed by atoms with Gasteiger partial charge in [-0.15, -0.1) is 5.10 Å². The van der Waals surface area contributed by atoms with Crippen molar-refractivity contribution in [3.8, 4) is 0 Å². The summed E-state index contributed by atoms with van der Waals surface area (Å²) in [5.74, 6) is 1.97. The predicted octanol–water partition coefficient (Wildman–Crippen LogP) is 2.98. The second-order valence-electron chi connectivity index (χ2n) is 9.08. The van der Waals surface area contributed by atoms with E-state index in [-0.39, 0.29) is 12.0 Å². The highest BCUT2D eigenvalue weighted by atomic mass is 15.4. The number of nitrogens with one attached hydrogen (secondary N) is 1. The molecule has 3 heterocycles. The lowest BCUT2D eigenvalue weighted by molar-refractivity contribution is 0.313. The molecular formula is C23H33N9. The number of aliphatic imine (C=N–C) groups is 2. The highest BCUT2D eigenvalue weighted by molar-refractivity contribution is 5.95. The van der Waals surface area contributed by atoms with Crippen LogP contribution in [-0.4, -0.2) is 71.1 Å². The monoisotopic (exact) mass is 435 g/mol. The Bertz CT molecular complexity index is 970. The maximum atomic E-state index is 6.26. The van der Waals surface area contributed by atoms with E-state index in [0.29, 0.717) is 11.9 Å². The molecule has 1 aliphatic carbocycles. The molecular weight excluding hydrogens is 402 g/mol. The van der Waals surface area contributed by atoms with Crippen LogP contribution in [0.25, 0.3) is 0 Å². The van der Waals surface area contributed by atoms with E-state index >= 15 is 0 Å². The van der Waals surface area contributed by atoms with Crippen LogP contribution in [-0.2, 0) is 0 Å². The molecule has 0 bridgehead atoms. The number of nitrogen functional groups attached to an aromatic ring is 1. The minimum Gasteiger partial charge on any atom is -0.369 e. The lowest BCUT2D eigenvalue weighted by Crippen LogP contribution is -2.44. The molecule has 2 atom stereocenters. The van der Waals surface area contributed by atoms with E-state index in [1.165, 1.54) is 31.4 Å². The van der Waals surface area contributed by atoms with E-state index < -0.39 is 0 Å². The summed E-state index contributed by atoms with van der Waals surface area (Å²) in [5.41, 5.74) is 8.45. The average Bonchev–Trinajstić information content (AvgIpc) is 3.15. The first-order chi connectivity index (χ1) is 15.7. The number of benzene rings is 1. The molecule has 2 unspecified atom stereocenters. The third-order valence-corrected chi connectivity index (χ3v) is 6.85. The van der Waals surface area contributed by atoms with Crippen molar-refractivity contribution >= 4 is 35.4 Å². The molecule has 1 saturated carbocycles. The first-order valence-electron chi connectivity index (χ1n) is 11.8. The van der Waals surface area contributed by atoms with Gasteiger partial charge in [0.1, 0.15) is 12.2 Å². The summed E-state index contributed by atoms with van der Waals surface area (Å²) in [7, 11) is 2.17. The molecule has 170 valence electrons. The first kappa shape index (κ1) is 20.9. The Morgan fingerprint density at radius 1 is 0.969 bits per heavy atom. The van der Waals surface area contributed by atoms with Gasteiger partial charge in [0.05, 0.1) is 6.04 Å². The van der Waals surface area contributed by atoms with Gasteiger partial charge < -0.3 is 20.9 Å². The number of hydrogen-bond donors (Lipinski definition) is 2. The lowest BCUT2D eigenvalue weighted by atomic mass is 9.85. The number of nitrogens with two attached hydrogens (primary N) is 1. The Kier molecular flexibility index (Phi) is 6.07. The summed E-state index contributed by atoms with van der Waals surface area (Å²) >= 11 is 0. The second-order valence-corrected chi connectivity index (χ2v) is 9.08. The van der Waals surface area contributed by atoms with Crippen LogP contribution >= 0.6 is 0 Å². The maximum Gasteiger partial charge on any atom is 0.248 e. The highest BCUT2D eigenvalue weighted by Gasteiger charge is 2.31. The van der Waals surface area contributed by atoms with E-state index in [2.05, 4.69) is 66.5 Å². The molecule has 2 aromatic rings. The fourth-order valence-corrected chi connectivity index (χ4v) is 4.93. The average molecular weight is 436 g/mol. The van der Waals surface area contributed by atoms with Gasteiger partial charge in [-0.3, -0.25) is 4.99 Å². The Morgan fingerprint density at radius 2 is 1.72 bits per heavy atom. The van der Waals surface area contributed by atoms with Crippen molar-refractivity contribution in [2.24, 2.45) is 15.9 Å². The molecule has 2 fully saturated rings. The third kappa shape index (κ3) is 4.48. The van der Waals surface area contributed by atoms with E-state index in [1.54, 1.807) is 11.0 Å². The molecule has 0 spiro atoms. The van der Waals surface area contributed by atoms with E-state index in [0.717, 1.165) is 50.5 Å². The van der Waals surface area contributed by atoms with Crippen molar-refractivity contribution in [2.45, 2.75) is 44.6 Å². The van der Waals surface area contributed by atoms with Crippen LogP contribution in [0.2, 0.25) is 0 Å². The number of likely N-dealkylation sites (N-methyl/N-ethyl adjacent to an activating group) is 1. The van der Waals surface area contributed by atoms with Crippen LogP contribution in [0, 0.1) is 5.92 Å². The molecule has 1 aromatic heterocycles. The molecule has 3 aliphatic rings. The Labute approximate surface area is 189 Å². The standard InChI is InChI=1S/C23H33N9/c1-30-12-14-31(15-13-30)18-10-8-17(9-11-18)27-23-28-22(24)32(29-23)21-19-6-4-2-3-5-7-20(19)25-16-26-21/h8-11,16,19-20H,2-7,12-15H2,1H3,(H3,24,27,28,29). The minimum atomic E-state index is 0.250. The van der Waals surface area contributed by atoms with Gasteiger partial charge in [0.2, 0.25) is 11.9 Å². The number of anilines is 4. The zero-order valence-corrected chi connectivity index (χ0v) is 18.8. The first-order valence-corrected chi connectivity index (χ1v) is 11.8. The fourth-order valence-electron chi connectivity index (χ4n) is 4.93. The van der Waals surface area contributed by atoms with Crippen LogP contribution in [0.5, 0.6) is 0 Å². The zero-order valence-electron chi connectivity index (χ0n) is 18.8. The molecule has 9 nitrogen and oxygen atoms in total. The van der Waals surface area contributed by atoms with Crippen molar-refractivity contribution in [1.29, 1.82) is 0 Å². The van der Waals surface area contributed by atoms with Crippen molar-refractivity contribution in [2.75, 3.05) is 49.2 Å².